The van der Waals surface area contributed by atoms with Crippen molar-refractivity contribution in [1.82, 2.24) is 4.90 Å². The molecule has 1 fully saturated rings. The first-order valence-electron chi connectivity index (χ1n) is 9.36. The highest BCUT2D eigenvalue weighted by Crippen LogP contribution is 2.51. The second kappa shape index (κ2) is 7.28. The Balaban J connectivity index is 2.20. The zero-order valence-corrected chi connectivity index (χ0v) is 16.6. The van der Waals surface area contributed by atoms with Crippen LogP contribution in [0.15, 0.2) is 35.9 Å². The fraction of sp³-hybridized carbons (Fsp3) is 0.524. The fourth-order valence-corrected chi connectivity index (χ4v) is 5.24. The number of nitrogens with zero attached hydrogens (tertiary/aromatic N) is 1. The summed E-state index contributed by atoms with van der Waals surface area (Å²) in [5, 5.41) is 20.4. The van der Waals surface area contributed by atoms with Gasteiger partial charge in [0, 0.05) is 16.5 Å². The molecule has 4 atom stereocenters. The second-order valence-corrected chi connectivity index (χ2v) is 8.40. The number of allylic oxidation sites excluding steroid dienone is 1. The number of carbonyl (C=O) groups is 2. The van der Waals surface area contributed by atoms with E-state index in [1.54, 1.807) is 18.2 Å². The third-order valence-corrected chi connectivity index (χ3v) is 6.59. The van der Waals surface area contributed by atoms with Gasteiger partial charge in [-0.3, -0.25) is 14.5 Å². The molecule has 2 aliphatic rings. The molecule has 5 nitrogen and oxygen atoms in total. The first-order valence-corrected chi connectivity index (χ1v) is 9.74. The topological polar surface area (TPSA) is 77.8 Å². The summed E-state index contributed by atoms with van der Waals surface area (Å²) in [7, 11) is 0. The minimum absolute atomic E-state index is 0.267. The van der Waals surface area contributed by atoms with Crippen molar-refractivity contribution in [2.45, 2.75) is 38.6 Å². The monoisotopic (exact) mass is 391 g/mol. The number of benzene rings is 1. The van der Waals surface area contributed by atoms with Crippen LogP contribution >= 0.6 is 11.6 Å². The van der Waals surface area contributed by atoms with Crippen LogP contribution in [0.4, 0.5) is 0 Å². The van der Waals surface area contributed by atoms with E-state index in [0.717, 1.165) is 24.2 Å². The zero-order valence-electron chi connectivity index (χ0n) is 15.9. The van der Waals surface area contributed by atoms with Crippen molar-refractivity contribution in [3.05, 3.63) is 46.5 Å². The first-order chi connectivity index (χ1) is 12.7. The van der Waals surface area contributed by atoms with Gasteiger partial charge >= 0.3 is 11.9 Å². The number of hydrogen-bond donors (Lipinski definition) is 2. The fourth-order valence-electron chi connectivity index (χ4n) is 5.04. The van der Waals surface area contributed by atoms with Gasteiger partial charge in [0.2, 0.25) is 0 Å². The minimum Gasteiger partial charge on any atom is -0.481 e. The van der Waals surface area contributed by atoms with Crippen molar-refractivity contribution in [2.75, 3.05) is 13.1 Å². The van der Waals surface area contributed by atoms with E-state index >= 15 is 0 Å². The Labute approximate surface area is 164 Å². The van der Waals surface area contributed by atoms with Crippen LogP contribution in [0.3, 0.4) is 0 Å². The van der Waals surface area contributed by atoms with E-state index in [-0.39, 0.29) is 11.5 Å². The van der Waals surface area contributed by atoms with Crippen LogP contribution < -0.4 is 0 Å². The molecule has 146 valence electrons. The molecular formula is C21H26ClNO4. The molecule has 1 aliphatic carbocycles. The van der Waals surface area contributed by atoms with Gasteiger partial charge in [0.05, 0.1) is 11.8 Å². The first kappa shape index (κ1) is 19.9. The van der Waals surface area contributed by atoms with E-state index in [1.807, 2.05) is 12.1 Å². The number of likely N-dealkylation sites (tertiary alicyclic amines) is 1. The highest BCUT2D eigenvalue weighted by atomic mass is 35.5. The van der Waals surface area contributed by atoms with Crippen molar-refractivity contribution < 1.29 is 19.8 Å². The van der Waals surface area contributed by atoms with Gasteiger partial charge in [-0.25, -0.2) is 0 Å². The smallest absolute Gasteiger partial charge is 0.308 e. The van der Waals surface area contributed by atoms with Gasteiger partial charge in [-0.15, -0.1) is 0 Å². The van der Waals surface area contributed by atoms with Crippen molar-refractivity contribution in [3.8, 4) is 0 Å². The quantitative estimate of drug-likeness (QED) is 0.761. The van der Waals surface area contributed by atoms with Crippen LogP contribution in [0.25, 0.3) is 0 Å². The lowest BCUT2D eigenvalue weighted by molar-refractivity contribution is -0.157. The Hall–Kier alpha value is -1.85. The van der Waals surface area contributed by atoms with Gasteiger partial charge in [0.1, 0.15) is 0 Å². The van der Waals surface area contributed by atoms with Crippen LogP contribution in [0.5, 0.6) is 0 Å². The largest absolute Gasteiger partial charge is 0.481 e. The Bertz CT molecular complexity index is 788. The summed E-state index contributed by atoms with van der Waals surface area (Å²) < 4.78 is 0. The van der Waals surface area contributed by atoms with E-state index in [0.29, 0.717) is 11.4 Å². The number of carboxylic acid groups (broad SMARTS) is 2. The summed E-state index contributed by atoms with van der Waals surface area (Å²) in [6.45, 7) is 7.92. The molecule has 0 aromatic heterocycles. The number of aliphatic carboxylic acids is 2. The predicted octanol–water partition coefficient (Wildman–Crippen LogP) is 3.89. The number of halogens is 1. The Kier molecular flexibility index (Phi) is 5.37. The number of hydrogen-bond acceptors (Lipinski definition) is 3. The summed E-state index contributed by atoms with van der Waals surface area (Å²) in [4.78, 5) is 26.7. The van der Waals surface area contributed by atoms with Crippen molar-refractivity contribution in [3.63, 3.8) is 0 Å². The van der Waals surface area contributed by atoms with Crippen LogP contribution in [0.1, 0.15) is 38.7 Å². The number of carboxylic acids is 2. The van der Waals surface area contributed by atoms with E-state index < -0.39 is 29.7 Å². The summed E-state index contributed by atoms with van der Waals surface area (Å²) in [6.07, 6.45) is 2.67. The molecule has 1 aliphatic heterocycles. The van der Waals surface area contributed by atoms with E-state index in [4.69, 9.17) is 11.6 Å². The highest BCUT2D eigenvalue weighted by Gasteiger charge is 2.53. The maximum Gasteiger partial charge on any atom is 0.308 e. The average Bonchev–Trinajstić information content (AvgIpc) is 2.60. The molecule has 3 rings (SSSR count). The molecule has 2 N–H and O–H groups in total. The van der Waals surface area contributed by atoms with Gasteiger partial charge in [-0.1, -0.05) is 36.7 Å². The summed E-state index contributed by atoms with van der Waals surface area (Å²) in [6, 6.07) is 7.08. The maximum absolute atomic E-state index is 12.2. The maximum atomic E-state index is 12.2. The molecule has 0 bridgehead atoms. The van der Waals surface area contributed by atoms with Gasteiger partial charge in [0.15, 0.2) is 0 Å². The standard InChI is InChI=1S/C21H26ClNO4/c1-4-23-9-8-14-16(21(23,2)3)11-15(12-6-5-7-13(22)10-12)18(20(26)27)17(14)19(24)25/h5-7,10-11,14-15,17-18H,4,8-9H2,1-3H3,(H,24,25)(H,26,27). The molecule has 4 unspecified atom stereocenters. The molecule has 1 saturated heterocycles. The predicted molar refractivity (Wildman–Crippen MR) is 104 cm³/mol. The van der Waals surface area contributed by atoms with Gasteiger partial charge in [0.25, 0.3) is 0 Å². The lowest BCUT2D eigenvalue weighted by atomic mass is 9.59. The third kappa shape index (κ3) is 3.39. The highest BCUT2D eigenvalue weighted by molar-refractivity contribution is 6.30. The number of rotatable bonds is 4. The third-order valence-electron chi connectivity index (χ3n) is 6.36. The number of likely N-dealkylation sites (N-methyl/N-ethyl adjacent to an activating group) is 1. The molecular weight excluding hydrogens is 366 g/mol. The van der Waals surface area contributed by atoms with Crippen molar-refractivity contribution in [1.29, 1.82) is 0 Å². The van der Waals surface area contributed by atoms with Crippen LogP contribution in [-0.2, 0) is 9.59 Å². The molecule has 0 radical (unpaired) electrons. The van der Waals surface area contributed by atoms with Crippen LogP contribution in [0, 0.1) is 17.8 Å². The lowest BCUT2D eigenvalue weighted by Gasteiger charge is -2.52. The molecule has 27 heavy (non-hydrogen) atoms. The van der Waals surface area contributed by atoms with E-state index in [2.05, 4.69) is 25.7 Å². The lowest BCUT2D eigenvalue weighted by Crippen LogP contribution is -2.56. The molecule has 1 aromatic rings. The SMILES string of the molecule is CCN1CCC2C(=CC(c3cccc(Cl)c3)C(C(=O)O)C2C(=O)O)C1(C)C. The molecule has 0 spiro atoms. The summed E-state index contributed by atoms with van der Waals surface area (Å²) in [5.41, 5.74) is 1.47. The van der Waals surface area contributed by atoms with Gasteiger partial charge < -0.3 is 10.2 Å². The molecule has 1 heterocycles. The van der Waals surface area contributed by atoms with Crippen LogP contribution in [-0.4, -0.2) is 45.7 Å². The van der Waals surface area contributed by atoms with Crippen molar-refractivity contribution >= 4 is 23.5 Å². The minimum atomic E-state index is -1.07. The molecule has 1 aromatic carbocycles. The average molecular weight is 392 g/mol. The van der Waals surface area contributed by atoms with Crippen LogP contribution in [0.2, 0.25) is 5.02 Å². The normalized spacial score (nSPS) is 30.3. The second-order valence-electron chi connectivity index (χ2n) is 7.96. The Morgan fingerprint density at radius 2 is 1.89 bits per heavy atom. The summed E-state index contributed by atoms with van der Waals surface area (Å²) in [5.74, 6) is -4.87. The molecule has 0 amide bonds. The molecule has 0 saturated carbocycles. The Morgan fingerprint density at radius 1 is 1.22 bits per heavy atom. The summed E-state index contributed by atoms with van der Waals surface area (Å²) >= 11 is 6.14. The number of fused-ring (bicyclic) bond motifs is 1. The van der Waals surface area contributed by atoms with Gasteiger partial charge in [-0.2, -0.15) is 0 Å². The zero-order chi connectivity index (χ0) is 19.9. The van der Waals surface area contributed by atoms with Gasteiger partial charge in [-0.05, 0) is 62.5 Å². The molecule has 6 heteroatoms. The van der Waals surface area contributed by atoms with E-state index in [1.165, 1.54) is 0 Å². The van der Waals surface area contributed by atoms with Crippen molar-refractivity contribution in [2.24, 2.45) is 17.8 Å². The van der Waals surface area contributed by atoms with E-state index in [9.17, 15) is 19.8 Å². The Morgan fingerprint density at radius 3 is 2.44 bits per heavy atom. The number of piperidine rings is 1.